The van der Waals surface area contributed by atoms with Gasteiger partial charge in [0, 0.05) is 28.3 Å². The number of fused-ring (bicyclic) bond motifs is 1. The van der Waals surface area contributed by atoms with Crippen LogP contribution in [-0.2, 0) is 4.79 Å². The molecule has 0 radical (unpaired) electrons. The van der Waals surface area contributed by atoms with Crippen LogP contribution in [0.2, 0.25) is 5.02 Å². The third-order valence-electron chi connectivity index (χ3n) is 5.69. The highest BCUT2D eigenvalue weighted by molar-refractivity contribution is 6.31. The summed E-state index contributed by atoms with van der Waals surface area (Å²) in [5, 5.41) is 8.35. The molecular weight excluding hydrogens is 372 g/mol. The van der Waals surface area contributed by atoms with E-state index in [0.717, 1.165) is 23.3 Å². The number of allylic oxidation sites excluding steroid dienone is 2. The van der Waals surface area contributed by atoms with E-state index in [1.54, 1.807) is 4.68 Å². The Balaban J connectivity index is 1.63. The molecule has 28 heavy (non-hydrogen) atoms. The van der Waals surface area contributed by atoms with E-state index in [-0.39, 0.29) is 17.7 Å². The highest BCUT2D eigenvalue weighted by Gasteiger charge is 2.40. The lowest BCUT2D eigenvalue weighted by atomic mass is 9.77. The lowest BCUT2D eigenvalue weighted by Crippen LogP contribution is -2.33. The molecule has 1 N–H and O–H groups in total. The molecule has 3 aromatic rings. The fourth-order valence-electron chi connectivity index (χ4n) is 4.40. The summed E-state index contributed by atoms with van der Waals surface area (Å²) in [5.41, 5.74) is 4.98. The lowest BCUT2D eigenvalue weighted by molar-refractivity contribution is -0.116. The Morgan fingerprint density at radius 1 is 1.07 bits per heavy atom. The third-order valence-corrected chi connectivity index (χ3v) is 6.03. The van der Waals surface area contributed by atoms with Crippen molar-refractivity contribution >= 4 is 23.3 Å². The molecule has 140 valence electrons. The van der Waals surface area contributed by atoms with Crippen molar-refractivity contribution in [3.8, 4) is 0 Å². The molecule has 2 aliphatic rings. The third kappa shape index (κ3) is 2.66. The smallest absolute Gasteiger partial charge is 0.226 e. The molecule has 0 bridgehead atoms. The Hall–Kier alpha value is -2.92. The van der Waals surface area contributed by atoms with Crippen LogP contribution in [0.15, 0.2) is 66.1 Å². The summed E-state index contributed by atoms with van der Waals surface area (Å²) >= 11 is 6.50. The van der Waals surface area contributed by atoms with Crippen LogP contribution in [0.5, 0.6) is 0 Å². The number of halogens is 1. The number of ketones is 1. The van der Waals surface area contributed by atoms with Gasteiger partial charge in [0.25, 0.3) is 0 Å². The van der Waals surface area contributed by atoms with Gasteiger partial charge in [-0.2, -0.15) is 10.1 Å². The number of benzene rings is 2. The molecule has 2 aromatic carbocycles. The molecule has 6 heteroatoms. The van der Waals surface area contributed by atoms with E-state index < -0.39 is 0 Å². The highest BCUT2D eigenvalue weighted by Crippen LogP contribution is 2.45. The highest BCUT2D eigenvalue weighted by atomic mass is 35.5. The fraction of sp³-hybridized carbons (Fsp3) is 0.227. The first-order chi connectivity index (χ1) is 13.6. The van der Waals surface area contributed by atoms with Gasteiger partial charge in [-0.05, 0) is 36.5 Å². The maximum Gasteiger partial charge on any atom is 0.226 e. The number of hydrogen-bond acceptors (Lipinski definition) is 4. The maximum atomic E-state index is 13.3. The maximum absolute atomic E-state index is 13.3. The Morgan fingerprint density at radius 3 is 2.61 bits per heavy atom. The molecule has 0 spiro atoms. The number of Topliss-reactive ketones (excluding diaryl/α,β-unsaturated/α-hetero) is 1. The Kier molecular flexibility index (Phi) is 4.05. The van der Waals surface area contributed by atoms with Crippen molar-refractivity contribution < 1.29 is 4.79 Å². The summed E-state index contributed by atoms with van der Waals surface area (Å²) < 4.78 is 1.76. The number of aryl methyl sites for hydroxylation is 1. The SMILES string of the molecule is Cc1ccccc1[C@@H]1CC(=O)C2=C(C1)Nc1ncnn1[C@H]2c1ccccc1Cl. The van der Waals surface area contributed by atoms with E-state index in [0.29, 0.717) is 17.4 Å². The van der Waals surface area contributed by atoms with Crippen molar-refractivity contribution in [2.75, 3.05) is 5.32 Å². The molecule has 5 nitrogen and oxygen atoms in total. The molecule has 0 saturated heterocycles. The average molecular weight is 391 g/mol. The van der Waals surface area contributed by atoms with Gasteiger partial charge in [-0.25, -0.2) is 4.68 Å². The zero-order valence-electron chi connectivity index (χ0n) is 15.4. The van der Waals surface area contributed by atoms with E-state index in [4.69, 9.17) is 11.6 Å². The number of anilines is 1. The minimum absolute atomic E-state index is 0.132. The van der Waals surface area contributed by atoms with Crippen LogP contribution >= 0.6 is 11.6 Å². The quantitative estimate of drug-likeness (QED) is 0.691. The van der Waals surface area contributed by atoms with Gasteiger partial charge in [0.2, 0.25) is 5.95 Å². The largest absolute Gasteiger partial charge is 0.328 e. The van der Waals surface area contributed by atoms with Gasteiger partial charge in [0.1, 0.15) is 12.4 Å². The second-order valence-corrected chi connectivity index (χ2v) is 7.76. The molecule has 0 amide bonds. The minimum atomic E-state index is -0.354. The number of aromatic nitrogens is 3. The van der Waals surface area contributed by atoms with Crippen molar-refractivity contribution in [2.24, 2.45) is 0 Å². The van der Waals surface area contributed by atoms with Gasteiger partial charge in [-0.15, -0.1) is 0 Å². The number of nitrogens with zero attached hydrogens (tertiary/aromatic N) is 3. The summed E-state index contributed by atoms with van der Waals surface area (Å²) in [6.45, 7) is 2.10. The Morgan fingerprint density at radius 2 is 1.82 bits per heavy atom. The van der Waals surface area contributed by atoms with Crippen molar-refractivity contribution in [2.45, 2.75) is 31.7 Å². The van der Waals surface area contributed by atoms with E-state index in [2.05, 4.69) is 34.5 Å². The van der Waals surface area contributed by atoms with Crippen LogP contribution in [0.1, 0.15) is 41.5 Å². The van der Waals surface area contributed by atoms with Crippen LogP contribution in [0, 0.1) is 6.92 Å². The van der Waals surface area contributed by atoms with E-state index in [1.807, 2.05) is 36.4 Å². The van der Waals surface area contributed by atoms with E-state index >= 15 is 0 Å². The van der Waals surface area contributed by atoms with Gasteiger partial charge in [0.05, 0.1) is 0 Å². The van der Waals surface area contributed by atoms with Crippen molar-refractivity contribution in [1.29, 1.82) is 0 Å². The first-order valence-corrected chi connectivity index (χ1v) is 9.74. The molecule has 1 aliphatic heterocycles. The second kappa shape index (κ2) is 6.60. The van der Waals surface area contributed by atoms with Crippen LogP contribution in [-0.4, -0.2) is 20.5 Å². The first-order valence-electron chi connectivity index (χ1n) is 9.36. The zero-order valence-corrected chi connectivity index (χ0v) is 16.1. The molecule has 5 rings (SSSR count). The van der Waals surface area contributed by atoms with Crippen molar-refractivity contribution in [3.05, 3.63) is 87.8 Å². The standard InChI is InChI=1S/C22H19ClN4O/c1-13-6-2-3-7-15(13)14-10-18-20(19(28)11-14)21(16-8-4-5-9-17(16)23)27-22(26-18)24-12-25-27/h2-9,12,14,21H,10-11H2,1H3,(H,24,25,26)/t14-,21-/m0/s1. The monoisotopic (exact) mass is 390 g/mol. The molecule has 1 aromatic heterocycles. The minimum Gasteiger partial charge on any atom is -0.328 e. The van der Waals surface area contributed by atoms with E-state index in [1.165, 1.54) is 17.5 Å². The molecular formula is C22H19ClN4O. The van der Waals surface area contributed by atoms with Gasteiger partial charge in [-0.1, -0.05) is 54.1 Å². The Bertz CT molecular complexity index is 1120. The normalized spacial score (nSPS) is 21.1. The average Bonchev–Trinajstić information content (AvgIpc) is 3.15. The summed E-state index contributed by atoms with van der Waals surface area (Å²) in [5.74, 6) is 0.927. The summed E-state index contributed by atoms with van der Waals surface area (Å²) in [6.07, 6.45) is 2.75. The second-order valence-electron chi connectivity index (χ2n) is 7.35. The molecule has 0 saturated carbocycles. The summed E-state index contributed by atoms with van der Waals surface area (Å²) in [4.78, 5) is 17.7. The van der Waals surface area contributed by atoms with Crippen LogP contribution < -0.4 is 5.32 Å². The number of hydrogen-bond donors (Lipinski definition) is 1. The molecule has 0 fully saturated rings. The first kappa shape index (κ1) is 17.2. The van der Waals surface area contributed by atoms with Gasteiger partial charge < -0.3 is 5.32 Å². The van der Waals surface area contributed by atoms with Gasteiger partial charge in [0.15, 0.2) is 5.78 Å². The molecule has 1 aliphatic carbocycles. The fourth-order valence-corrected chi connectivity index (χ4v) is 4.64. The predicted molar refractivity (Wildman–Crippen MR) is 108 cm³/mol. The van der Waals surface area contributed by atoms with Crippen molar-refractivity contribution in [3.63, 3.8) is 0 Å². The number of rotatable bonds is 2. The zero-order chi connectivity index (χ0) is 19.3. The van der Waals surface area contributed by atoms with Crippen LogP contribution in [0.3, 0.4) is 0 Å². The Labute approximate surface area is 168 Å². The van der Waals surface area contributed by atoms with Gasteiger partial charge in [-0.3, -0.25) is 4.79 Å². The van der Waals surface area contributed by atoms with Crippen LogP contribution in [0.4, 0.5) is 5.95 Å². The number of nitrogens with one attached hydrogen (secondary N) is 1. The number of carbonyl (C=O) groups is 1. The van der Waals surface area contributed by atoms with Gasteiger partial charge >= 0.3 is 0 Å². The summed E-state index contributed by atoms with van der Waals surface area (Å²) in [7, 11) is 0. The summed E-state index contributed by atoms with van der Waals surface area (Å²) in [6, 6.07) is 15.6. The molecule has 2 heterocycles. The molecule has 0 unspecified atom stereocenters. The van der Waals surface area contributed by atoms with Crippen LogP contribution in [0.25, 0.3) is 0 Å². The number of carbonyl (C=O) groups excluding carboxylic acids is 1. The van der Waals surface area contributed by atoms with E-state index in [9.17, 15) is 4.79 Å². The topological polar surface area (TPSA) is 59.8 Å². The molecule has 2 atom stereocenters. The van der Waals surface area contributed by atoms with Crippen molar-refractivity contribution in [1.82, 2.24) is 14.8 Å². The predicted octanol–water partition coefficient (Wildman–Crippen LogP) is 4.66. The lowest BCUT2D eigenvalue weighted by Gasteiger charge is -2.35.